The van der Waals surface area contributed by atoms with Gasteiger partial charge in [-0.05, 0) is 59.6 Å². The van der Waals surface area contributed by atoms with E-state index in [0.717, 1.165) is 5.56 Å². The van der Waals surface area contributed by atoms with Crippen molar-refractivity contribution in [3.8, 4) is 0 Å². The first-order chi connectivity index (χ1) is 11.5. The molecule has 0 saturated heterocycles. The molecule has 0 aliphatic rings. The second-order valence-corrected chi connectivity index (χ2v) is 9.24. The van der Waals surface area contributed by atoms with Crippen LogP contribution >= 0.6 is 11.9 Å². The number of carbonyl (C=O) groups excluding carboxylic acids is 1. The van der Waals surface area contributed by atoms with Crippen molar-refractivity contribution in [2.24, 2.45) is 4.40 Å². The van der Waals surface area contributed by atoms with E-state index in [4.69, 9.17) is 4.74 Å². The topological polar surface area (TPSA) is 80.9 Å². The molecule has 1 amide bonds. The number of hydrogen-bond donors (Lipinski definition) is 1. The SMILES string of the molecule is CC(C)(C)OC(=O)NCc1cn2ncc(/C=N/SC(C)(C)C)cc2n1. The molecule has 0 fully saturated rings. The number of rotatable bonds is 4. The Balaban J connectivity index is 2.01. The molecule has 1 N–H and O–H groups in total. The minimum atomic E-state index is -0.524. The Morgan fingerprint density at radius 2 is 2.08 bits per heavy atom. The van der Waals surface area contributed by atoms with Gasteiger partial charge in [0.05, 0.1) is 24.6 Å². The van der Waals surface area contributed by atoms with Gasteiger partial charge in [-0.25, -0.2) is 18.7 Å². The molecule has 2 rings (SSSR count). The predicted octanol–water partition coefficient (Wildman–Crippen LogP) is 3.62. The van der Waals surface area contributed by atoms with Crippen molar-refractivity contribution in [1.82, 2.24) is 19.9 Å². The molecule has 7 nitrogen and oxygen atoms in total. The van der Waals surface area contributed by atoms with E-state index in [1.54, 1.807) is 23.1 Å². The van der Waals surface area contributed by atoms with Crippen molar-refractivity contribution >= 4 is 29.9 Å². The lowest BCUT2D eigenvalue weighted by Crippen LogP contribution is -2.32. The van der Waals surface area contributed by atoms with E-state index in [0.29, 0.717) is 11.3 Å². The minimum absolute atomic E-state index is 0.0713. The maximum atomic E-state index is 11.7. The van der Waals surface area contributed by atoms with E-state index in [9.17, 15) is 4.79 Å². The van der Waals surface area contributed by atoms with Crippen molar-refractivity contribution < 1.29 is 9.53 Å². The highest BCUT2D eigenvalue weighted by Crippen LogP contribution is 2.23. The Kier molecular flexibility index (Phi) is 5.72. The number of hydrogen-bond acceptors (Lipinski definition) is 6. The molecule has 8 heteroatoms. The summed E-state index contributed by atoms with van der Waals surface area (Å²) in [6.07, 6.45) is 4.81. The van der Waals surface area contributed by atoms with Crippen molar-refractivity contribution in [2.45, 2.75) is 58.4 Å². The average molecular weight is 363 g/mol. The number of fused-ring (bicyclic) bond motifs is 1. The molecule has 2 aromatic heterocycles. The van der Waals surface area contributed by atoms with Gasteiger partial charge in [-0.15, -0.1) is 0 Å². The fraction of sp³-hybridized carbons (Fsp3) is 0.529. The summed E-state index contributed by atoms with van der Waals surface area (Å²) in [6.45, 7) is 12.1. The van der Waals surface area contributed by atoms with Crippen LogP contribution in [0.15, 0.2) is 22.9 Å². The number of alkyl carbamates (subject to hydrolysis) is 1. The molecule has 0 bridgehead atoms. The number of carbonyl (C=O) groups is 1. The Labute approximate surface area is 152 Å². The molecule has 25 heavy (non-hydrogen) atoms. The monoisotopic (exact) mass is 363 g/mol. The van der Waals surface area contributed by atoms with Gasteiger partial charge in [0.2, 0.25) is 0 Å². The fourth-order valence-electron chi connectivity index (χ4n) is 1.82. The van der Waals surface area contributed by atoms with Crippen LogP contribution < -0.4 is 5.32 Å². The first kappa shape index (κ1) is 19.2. The van der Waals surface area contributed by atoms with Gasteiger partial charge >= 0.3 is 6.09 Å². The molecule has 0 spiro atoms. The number of amides is 1. The zero-order valence-corrected chi connectivity index (χ0v) is 16.3. The largest absolute Gasteiger partial charge is 0.444 e. The van der Waals surface area contributed by atoms with E-state index in [2.05, 4.69) is 40.6 Å². The zero-order chi connectivity index (χ0) is 18.7. The molecule has 0 saturated carbocycles. The highest BCUT2D eigenvalue weighted by Gasteiger charge is 2.16. The van der Waals surface area contributed by atoms with Crippen molar-refractivity contribution in [3.05, 3.63) is 29.7 Å². The van der Waals surface area contributed by atoms with Crippen LogP contribution in [0, 0.1) is 0 Å². The van der Waals surface area contributed by atoms with Crippen molar-refractivity contribution in [1.29, 1.82) is 0 Å². The van der Waals surface area contributed by atoms with Crippen molar-refractivity contribution in [3.63, 3.8) is 0 Å². The van der Waals surface area contributed by atoms with Gasteiger partial charge in [0, 0.05) is 16.5 Å². The van der Waals surface area contributed by atoms with Crippen LogP contribution in [0.3, 0.4) is 0 Å². The first-order valence-electron chi connectivity index (χ1n) is 8.04. The third kappa shape index (κ3) is 6.74. The number of imidazole rings is 1. The molecule has 2 aromatic rings. The third-order valence-corrected chi connectivity index (χ3v) is 3.49. The van der Waals surface area contributed by atoms with Crippen LogP contribution in [0.5, 0.6) is 0 Å². The van der Waals surface area contributed by atoms with Gasteiger partial charge in [-0.2, -0.15) is 5.10 Å². The van der Waals surface area contributed by atoms with Crippen LogP contribution in [0.2, 0.25) is 0 Å². The quantitative estimate of drug-likeness (QED) is 0.663. The molecule has 0 aromatic carbocycles. The highest BCUT2D eigenvalue weighted by molar-refractivity contribution is 7.99. The summed E-state index contributed by atoms with van der Waals surface area (Å²) in [5.41, 5.74) is 1.76. The summed E-state index contributed by atoms with van der Waals surface area (Å²) in [5, 5.41) is 7.00. The van der Waals surface area contributed by atoms with Crippen LogP contribution in [0.25, 0.3) is 5.65 Å². The van der Waals surface area contributed by atoms with Crippen LogP contribution in [-0.4, -0.2) is 37.3 Å². The number of nitrogens with zero attached hydrogens (tertiary/aromatic N) is 4. The summed E-state index contributed by atoms with van der Waals surface area (Å²) in [4.78, 5) is 16.2. The fourth-order valence-corrected chi connectivity index (χ4v) is 2.31. The normalized spacial score (nSPS) is 12.7. The predicted molar refractivity (Wildman–Crippen MR) is 101 cm³/mol. The zero-order valence-electron chi connectivity index (χ0n) is 15.5. The molecule has 2 heterocycles. The van der Waals surface area contributed by atoms with E-state index in [-0.39, 0.29) is 11.3 Å². The summed E-state index contributed by atoms with van der Waals surface area (Å²) in [5.74, 6) is 0. The third-order valence-electron chi connectivity index (χ3n) is 2.73. The lowest BCUT2D eigenvalue weighted by Gasteiger charge is -2.19. The van der Waals surface area contributed by atoms with Gasteiger partial charge < -0.3 is 10.1 Å². The number of ether oxygens (including phenoxy) is 1. The number of nitrogens with one attached hydrogen (secondary N) is 1. The second-order valence-electron chi connectivity index (χ2n) is 7.62. The molecular formula is C17H25N5O2S. The Bertz CT molecular complexity index is 771. The Morgan fingerprint density at radius 1 is 1.36 bits per heavy atom. The molecule has 0 aliphatic carbocycles. The smallest absolute Gasteiger partial charge is 0.407 e. The van der Waals surface area contributed by atoms with E-state index in [1.807, 2.05) is 26.8 Å². The lowest BCUT2D eigenvalue weighted by molar-refractivity contribution is 0.0523. The highest BCUT2D eigenvalue weighted by atomic mass is 32.2. The van der Waals surface area contributed by atoms with E-state index >= 15 is 0 Å². The minimum Gasteiger partial charge on any atom is -0.444 e. The molecule has 136 valence electrons. The van der Waals surface area contributed by atoms with Gasteiger partial charge in [0.15, 0.2) is 5.65 Å². The second kappa shape index (κ2) is 7.43. The van der Waals surface area contributed by atoms with Crippen molar-refractivity contribution in [2.75, 3.05) is 0 Å². The van der Waals surface area contributed by atoms with Gasteiger partial charge in [0.25, 0.3) is 0 Å². The number of aromatic nitrogens is 3. The van der Waals surface area contributed by atoms with Crippen LogP contribution in [0.4, 0.5) is 4.79 Å². The summed E-state index contributed by atoms with van der Waals surface area (Å²) in [6, 6.07) is 1.90. The van der Waals surface area contributed by atoms with E-state index in [1.165, 1.54) is 11.9 Å². The van der Waals surface area contributed by atoms with Gasteiger partial charge in [-0.3, -0.25) is 0 Å². The molecule has 0 aliphatic heterocycles. The summed E-state index contributed by atoms with van der Waals surface area (Å²) >= 11 is 1.51. The van der Waals surface area contributed by atoms with E-state index < -0.39 is 11.7 Å². The summed E-state index contributed by atoms with van der Waals surface area (Å²) in [7, 11) is 0. The Morgan fingerprint density at radius 3 is 2.72 bits per heavy atom. The molecule has 0 radical (unpaired) electrons. The molecule has 0 unspecified atom stereocenters. The standard InChI is InChI=1S/C17H25N5O2S/c1-16(2,3)24-15(23)18-10-13-11-22-14(21-13)7-12(8-19-22)9-20-25-17(4,5)6/h7-9,11H,10H2,1-6H3,(H,18,23)/b20-9+. The lowest BCUT2D eigenvalue weighted by atomic mass is 10.2. The molecular weight excluding hydrogens is 338 g/mol. The average Bonchev–Trinajstić information content (AvgIpc) is 2.84. The summed E-state index contributed by atoms with van der Waals surface area (Å²) < 4.78 is 11.3. The first-order valence-corrected chi connectivity index (χ1v) is 8.82. The van der Waals surface area contributed by atoms with Gasteiger partial charge in [-0.1, -0.05) is 0 Å². The van der Waals surface area contributed by atoms with Gasteiger partial charge in [0.1, 0.15) is 5.60 Å². The Hall–Kier alpha value is -2.09. The maximum absolute atomic E-state index is 11.7. The van der Waals surface area contributed by atoms with Crippen LogP contribution in [0.1, 0.15) is 52.8 Å². The maximum Gasteiger partial charge on any atom is 0.407 e. The van der Waals surface area contributed by atoms with Crippen LogP contribution in [-0.2, 0) is 11.3 Å². The molecule has 0 atom stereocenters.